The van der Waals surface area contributed by atoms with Crippen LogP contribution in [-0.4, -0.2) is 4.57 Å². The van der Waals surface area contributed by atoms with E-state index in [0.29, 0.717) is 0 Å². The zero-order chi connectivity index (χ0) is 48.9. The van der Waals surface area contributed by atoms with Crippen LogP contribution in [-0.2, 0) is 0 Å². The van der Waals surface area contributed by atoms with Crippen molar-refractivity contribution in [3.05, 3.63) is 261 Å². The van der Waals surface area contributed by atoms with E-state index in [1.54, 1.807) is 0 Å². The van der Waals surface area contributed by atoms with E-state index >= 15 is 0 Å². The maximum atomic E-state index is 2.47. The van der Waals surface area contributed by atoms with Gasteiger partial charge in [0.2, 0.25) is 0 Å². The lowest BCUT2D eigenvalue weighted by atomic mass is 9.90. The number of benzene rings is 14. The Labute approximate surface area is 433 Å². The second-order valence-electron chi connectivity index (χ2n) is 20.7. The molecule has 15 aromatic rings. The van der Waals surface area contributed by atoms with Gasteiger partial charge in [0.25, 0.3) is 0 Å². The first kappa shape index (κ1) is 40.7. The predicted molar refractivity (Wildman–Crippen MR) is 319 cm³/mol. The Balaban J connectivity index is 0.746. The van der Waals surface area contributed by atoms with Gasteiger partial charge < -0.3 is 4.57 Å². The Morgan fingerprint density at radius 1 is 0.200 bits per heavy atom. The van der Waals surface area contributed by atoms with E-state index in [1.165, 1.54) is 165 Å². The first-order valence-electron chi connectivity index (χ1n) is 26.1. The summed E-state index contributed by atoms with van der Waals surface area (Å²) < 4.78 is 2.47. The van der Waals surface area contributed by atoms with Gasteiger partial charge in [0.15, 0.2) is 0 Å². The molecule has 75 heavy (non-hydrogen) atoms. The molecule has 0 N–H and O–H groups in total. The van der Waals surface area contributed by atoms with Crippen LogP contribution in [0.4, 0.5) is 0 Å². The number of hydrogen-bond acceptors (Lipinski definition) is 0. The van der Waals surface area contributed by atoms with E-state index in [4.69, 9.17) is 0 Å². The van der Waals surface area contributed by atoms with Gasteiger partial charge in [0.05, 0.1) is 11.0 Å². The van der Waals surface area contributed by atoms with Crippen LogP contribution in [0.5, 0.6) is 0 Å². The molecule has 344 valence electrons. The molecule has 0 atom stereocenters. The number of fused-ring (bicyclic) bond motifs is 14. The predicted octanol–water partition coefficient (Wildman–Crippen LogP) is 20.5. The normalized spacial score (nSPS) is 12.3. The molecule has 2 aliphatic carbocycles. The minimum absolute atomic E-state index is 1.15. The maximum absolute atomic E-state index is 2.47. The zero-order valence-corrected chi connectivity index (χ0v) is 40.8. The van der Waals surface area contributed by atoms with Gasteiger partial charge in [-0.1, -0.05) is 200 Å². The van der Waals surface area contributed by atoms with E-state index in [2.05, 4.69) is 265 Å². The lowest BCUT2D eigenvalue weighted by Crippen LogP contribution is -1.95. The lowest BCUT2D eigenvalue weighted by molar-refractivity contribution is 1.19. The van der Waals surface area contributed by atoms with Crippen LogP contribution >= 0.6 is 0 Å². The summed E-state index contributed by atoms with van der Waals surface area (Å²) in [6.45, 7) is 0. The van der Waals surface area contributed by atoms with Gasteiger partial charge in [-0.25, -0.2) is 0 Å². The second kappa shape index (κ2) is 15.4. The quantitative estimate of drug-likeness (QED) is 0.152. The third kappa shape index (κ3) is 5.89. The highest BCUT2D eigenvalue weighted by molar-refractivity contribution is 6.21. The topological polar surface area (TPSA) is 4.93 Å². The van der Waals surface area contributed by atoms with Gasteiger partial charge in [-0.15, -0.1) is 0 Å². The van der Waals surface area contributed by atoms with Crippen molar-refractivity contribution < 1.29 is 0 Å². The molecule has 0 amide bonds. The van der Waals surface area contributed by atoms with E-state index in [0.717, 1.165) is 5.69 Å². The molecule has 0 fully saturated rings. The molecule has 0 spiro atoms. The number of aromatic nitrogens is 1. The van der Waals surface area contributed by atoms with Gasteiger partial charge in [-0.2, -0.15) is 0 Å². The van der Waals surface area contributed by atoms with Gasteiger partial charge >= 0.3 is 0 Å². The van der Waals surface area contributed by atoms with Crippen LogP contribution < -0.4 is 0 Å². The monoisotopic (exact) mass is 945 g/mol. The van der Waals surface area contributed by atoms with Crippen molar-refractivity contribution in [2.24, 2.45) is 0 Å². The summed E-state index contributed by atoms with van der Waals surface area (Å²) in [7, 11) is 0. The maximum Gasteiger partial charge on any atom is 0.0619 e. The molecular weight excluding hydrogens is 903 g/mol. The molecular formula is C74H43N. The number of nitrogens with zero attached hydrogens (tertiary/aromatic N) is 1. The van der Waals surface area contributed by atoms with Crippen molar-refractivity contribution in [1.29, 1.82) is 0 Å². The summed E-state index contributed by atoms with van der Waals surface area (Å²) in [6.07, 6.45) is 0. The Morgan fingerprint density at radius 3 is 1.33 bits per heavy atom. The first-order chi connectivity index (χ1) is 37.2. The fourth-order valence-electron chi connectivity index (χ4n) is 13.4. The standard InChI is InChI=1S/C74H43N/c1-2-14-56-49(11-1)41-67(46-25-23-44(24-26-46)53-38-51-12-9-20-64-58-15-3-5-17-60(58)69(42-53)72(51)64)62-35-30-48(40-68(56)62)47-29-34-57-50(37-47)31-36-66-63-19-7-8-22-71(63)75(74(57)66)55-32-27-45(28-33-55)54-39-52-13-10-21-65-59-16-4-6-18-61(59)70(43-54)73(52)65/h1-43H. The summed E-state index contributed by atoms with van der Waals surface area (Å²) >= 11 is 0. The second-order valence-corrected chi connectivity index (χ2v) is 20.7. The molecule has 0 bridgehead atoms. The molecule has 17 rings (SSSR count). The summed E-state index contributed by atoms with van der Waals surface area (Å²) in [5.74, 6) is 0. The van der Waals surface area contributed by atoms with Crippen molar-refractivity contribution in [2.75, 3.05) is 0 Å². The molecule has 0 saturated heterocycles. The summed E-state index contributed by atoms with van der Waals surface area (Å²) in [5, 5.41) is 15.3. The first-order valence-corrected chi connectivity index (χ1v) is 26.1. The smallest absolute Gasteiger partial charge is 0.0619 e. The zero-order valence-electron chi connectivity index (χ0n) is 40.8. The number of para-hydroxylation sites is 1. The molecule has 0 unspecified atom stereocenters. The highest BCUT2D eigenvalue weighted by Crippen LogP contribution is 2.51. The molecule has 2 aliphatic rings. The average Bonchev–Trinajstić information content (AvgIpc) is 4.13. The molecule has 0 saturated carbocycles. The van der Waals surface area contributed by atoms with E-state index in [9.17, 15) is 0 Å². The molecule has 1 aromatic heterocycles. The fourth-order valence-corrected chi connectivity index (χ4v) is 13.4. The van der Waals surface area contributed by atoms with Gasteiger partial charge in [0.1, 0.15) is 0 Å². The SMILES string of the molecule is c1ccc2c(c1)-c1cccc3cc(-c4ccc(-c5cc6ccccc6c6cc(-c7ccc8c(ccc9c%10ccccc%10n(-c%10ccc(-c%11cc%12c%13c(cccc%13c%11)-c%11ccccc%11-%12)cc%10)c89)c7)ccc56)cc4)cc-2c13. The van der Waals surface area contributed by atoms with Crippen LogP contribution in [0.2, 0.25) is 0 Å². The fraction of sp³-hybridized carbons (Fsp3) is 0. The Bertz CT molecular complexity index is 4970. The lowest BCUT2D eigenvalue weighted by Gasteiger charge is -2.14. The van der Waals surface area contributed by atoms with Crippen molar-refractivity contribution in [3.8, 4) is 94.7 Å². The number of rotatable bonds is 5. The molecule has 0 radical (unpaired) electrons. The third-order valence-corrected chi connectivity index (χ3v) is 16.8. The van der Waals surface area contributed by atoms with Gasteiger partial charge in [-0.05, 0) is 198 Å². The summed E-state index contributed by atoms with van der Waals surface area (Å²) in [6, 6.07) is 97.9. The highest BCUT2D eigenvalue weighted by atomic mass is 15.0. The Kier molecular flexibility index (Phi) is 8.34. The molecule has 1 heteroatoms. The van der Waals surface area contributed by atoms with Crippen LogP contribution in [0, 0.1) is 0 Å². The van der Waals surface area contributed by atoms with E-state index < -0.39 is 0 Å². The average molecular weight is 946 g/mol. The van der Waals surface area contributed by atoms with Crippen molar-refractivity contribution in [3.63, 3.8) is 0 Å². The van der Waals surface area contributed by atoms with Crippen molar-refractivity contribution >= 4 is 75.7 Å². The molecule has 1 heterocycles. The Hall–Kier alpha value is -9.82. The Morgan fingerprint density at radius 2 is 0.667 bits per heavy atom. The van der Waals surface area contributed by atoms with E-state index in [-0.39, 0.29) is 0 Å². The van der Waals surface area contributed by atoms with E-state index in [1.807, 2.05) is 0 Å². The summed E-state index contributed by atoms with van der Waals surface area (Å²) in [4.78, 5) is 0. The highest BCUT2D eigenvalue weighted by Gasteiger charge is 2.24. The van der Waals surface area contributed by atoms with Crippen LogP contribution in [0.3, 0.4) is 0 Å². The van der Waals surface area contributed by atoms with Gasteiger partial charge in [-0.3, -0.25) is 0 Å². The summed E-state index contributed by atoms with van der Waals surface area (Å²) in [5.41, 5.74) is 24.0. The number of hydrogen-bond donors (Lipinski definition) is 0. The molecule has 14 aromatic carbocycles. The minimum Gasteiger partial charge on any atom is -0.309 e. The van der Waals surface area contributed by atoms with Crippen molar-refractivity contribution in [2.45, 2.75) is 0 Å². The third-order valence-electron chi connectivity index (χ3n) is 16.8. The van der Waals surface area contributed by atoms with Crippen LogP contribution in [0.25, 0.3) is 170 Å². The molecule has 1 nitrogen and oxygen atoms in total. The van der Waals surface area contributed by atoms with Crippen molar-refractivity contribution in [1.82, 2.24) is 4.57 Å². The minimum atomic E-state index is 1.15. The largest absolute Gasteiger partial charge is 0.309 e. The van der Waals surface area contributed by atoms with Crippen LogP contribution in [0.15, 0.2) is 261 Å². The van der Waals surface area contributed by atoms with Gasteiger partial charge in [0, 0.05) is 21.8 Å². The molecule has 0 aliphatic heterocycles. The van der Waals surface area contributed by atoms with Crippen LogP contribution in [0.1, 0.15) is 0 Å².